The van der Waals surface area contributed by atoms with Gasteiger partial charge in [0.15, 0.2) is 5.82 Å². The van der Waals surface area contributed by atoms with Crippen molar-refractivity contribution in [2.24, 2.45) is 13.0 Å². The molecule has 3 aromatic heterocycles. The molecule has 0 aliphatic carbocycles. The van der Waals surface area contributed by atoms with Crippen molar-refractivity contribution in [3.05, 3.63) is 65.7 Å². The van der Waals surface area contributed by atoms with Crippen molar-refractivity contribution < 1.29 is 18.3 Å². The van der Waals surface area contributed by atoms with E-state index in [-0.39, 0.29) is 24.0 Å². The highest BCUT2D eigenvalue weighted by Crippen LogP contribution is 2.25. The number of alkyl halides is 2. The molecule has 1 fully saturated rings. The first-order chi connectivity index (χ1) is 17.4. The summed E-state index contributed by atoms with van der Waals surface area (Å²) in [7, 11) is 1.79. The summed E-state index contributed by atoms with van der Waals surface area (Å²) in [6, 6.07) is 9.31. The van der Waals surface area contributed by atoms with Crippen LogP contribution in [-0.4, -0.2) is 54.0 Å². The molecule has 11 nitrogen and oxygen atoms in total. The molecular formula is C23H23F2N9O2. The molecule has 0 unspecified atom stereocenters. The number of hydrogen-bond acceptors (Lipinski definition) is 8. The average molecular weight is 495 g/mol. The van der Waals surface area contributed by atoms with Crippen molar-refractivity contribution in [2.75, 3.05) is 23.3 Å². The van der Waals surface area contributed by atoms with Crippen LogP contribution in [0.3, 0.4) is 0 Å². The van der Waals surface area contributed by atoms with E-state index in [0.717, 1.165) is 0 Å². The molecule has 13 heteroatoms. The Balaban J connectivity index is 1.16. The molecule has 36 heavy (non-hydrogen) atoms. The Morgan fingerprint density at radius 3 is 2.56 bits per heavy atom. The average Bonchev–Trinajstić information content (AvgIpc) is 3.42. The number of aryl methyl sites for hydroxylation is 2. The molecule has 1 amide bonds. The number of halogens is 2. The fourth-order valence-electron chi connectivity index (χ4n) is 3.77. The van der Waals surface area contributed by atoms with Crippen molar-refractivity contribution in [1.29, 1.82) is 0 Å². The van der Waals surface area contributed by atoms with Crippen LogP contribution in [0.15, 0.2) is 48.8 Å². The zero-order valence-electron chi connectivity index (χ0n) is 19.5. The lowest BCUT2D eigenvalue weighted by atomic mass is 9.99. The number of carbonyl (C=O) groups excluding carboxylic acids is 1. The number of hydrogen-bond donors (Lipinski definition) is 1. The summed E-state index contributed by atoms with van der Waals surface area (Å²) in [5.41, 5.74) is 2.51. The van der Waals surface area contributed by atoms with E-state index >= 15 is 0 Å². The fourth-order valence-corrected chi connectivity index (χ4v) is 3.77. The lowest BCUT2D eigenvalue weighted by Crippen LogP contribution is -2.52. The molecule has 5 rings (SSSR count). The second-order valence-corrected chi connectivity index (χ2v) is 8.44. The highest BCUT2D eigenvalue weighted by molar-refractivity contribution is 5.94. The Kier molecular flexibility index (Phi) is 6.27. The number of nitrogens with one attached hydrogen (secondary N) is 1. The van der Waals surface area contributed by atoms with Gasteiger partial charge in [-0.1, -0.05) is 17.3 Å². The summed E-state index contributed by atoms with van der Waals surface area (Å²) in [6.07, 6.45) is 0.810. The number of nitrogens with zero attached hydrogens (tertiary/aromatic N) is 8. The van der Waals surface area contributed by atoms with Crippen molar-refractivity contribution in [3.63, 3.8) is 0 Å². The Bertz CT molecular complexity index is 1350. The van der Waals surface area contributed by atoms with Gasteiger partial charge in [-0.15, -0.1) is 15.3 Å². The van der Waals surface area contributed by atoms with E-state index in [4.69, 9.17) is 4.74 Å². The summed E-state index contributed by atoms with van der Waals surface area (Å²) in [5, 5.41) is 23.4. The zero-order valence-corrected chi connectivity index (χ0v) is 19.5. The van der Waals surface area contributed by atoms with Crippen molar-refractivity contribution in [1.82, 2.24) is 35.0 Å². The van der Waals surface area contributed by atoms with Gasteiger partial charge in [0, 0.05) is 38.0 Å². The van der Waals surface area contributed by atoms with E-state index in [1.165, 1.54) is 12.1 Å². The molecule has 1 saturated heterocycles. The maximum absolute atomic E-state index is 12.8. The van der Waals surface area contributed by atoms with E-state index in [0.29, 0.717) is 47.5 Å². The third kappa shape index (κ3) is 4.85. The van der Waals surface area contributed by atoms with Crippen LogP contribution in [0.25, 0.3) is 5.69 Å². The van der Waals surface area contributed by atoms with E-state index in [1.54, 1.807) is 60.0 Å². The van der Waals surface area contributed by atoms with Gasteiger partial charge in [-0.3, -0.25) is 9.48 Å². The molecule has 1 aliphatic rings. The number of aromatic nitrogens is 7. The second kappa shape index (κ2) is 9.68. The molecule has 0 radical (unpaired) electrons. The van der Waals surface area contributed by atoms with Crippen LogP contribution in [0.4, 0.5) is 20.3 Å². The van der Waals surface area contributed by atoms with Crippen LogP contribution >= 0.6 is 0 Å². The fraction of sp³-hybridized carbons (Fsp3) is 0.304. The van der Waals surface area contributed by atoms with Gasteiger partial charge in [-0.05, 0) is 25.1 Å². The Morgan fingerprint density at radius 2 is 1.92 bits per heavy atom. The molecule has 1 N–H and O–H groups in total. The lowest BCUT2D eigenvalue weighted by molar-refractivity contribution is -0.120. The molecule has 4 heterocycles. The predicted molar refractivity (Wildman–Crippen MR) is 125 cm³/mol. The minimum atomic E-state index is -2.54. The summed E-state index contributed by atoms with van der Waals surface area (Å²) in [5.74, 6) is 0.755. The Hall–Kier alpha value is -4.42. The largest absolute Gasteiger partial charge is 0.470 e. The van der Waals surface area contributed by atoms with Crippen LogP contribution < -0.4 is 15.0 Å². The molecule has 1 aliphatic heterocycles. The summed E-state index contributed by atoms with van der Waals surface area (Å²) >= 11 is 0. The van der Waals surface area contributed by atoms with E-state index in [1.807, 2.05) is 4.90 Å². The van der Waals surface area contributed by atoms with Gasteiger partial charge in [-0.2, -0.15) is 5.10 Å². The van der Waals surface area contributed by atoms with Gasteiger partial charge in [0.25, 0.3) is 6.43 Å². The van der Waals surface area contributed by atoms with Crippen LogP contribution in [0, 0.1) is 12.8 Å². The van der Waals surface area contributed by atoms with Crippen molar-refractivity contribution in [3.8, 4) is 11.6 Å². The number of amides is 1. The van der Waals surface area contributed by atoms with Gasteiger partial charge >= 0.3 is 0 Å². The van der Waals surface area contributed by atoms with Gasteiger partial charge in [-0.25, -0.2) is 13.5 Å². The maximum Gasteiger partial charge on any atom is 0.263 e. The number of carbonyl (C=O) groups is 1. The Labute approximate surface area is 204 Å². The van der Waals surface area contributed by atoms with Crippen LogP contribution in [0.2, 0.25) is 0 Å². The monoisotopic (exact) mass is 495 g/mol. The van der Waals surface area contributed by atoms with Gasteiger partial charge in [0.05, 0.1) is 29.2 Å². The zero-order chi connectivity index (χ0) is 25.2. The normalized spacial score (nSPS) is 13.6. The topological polar surface area (TPSA) is 116 Å². The van der Waals surface area contributed by atoms with Crippen LogP contribution in [0.5, 0.6) is 5.88 Å². The van der Waals surface area contributed by atoms with E-state index < -0.39 is 6.43 Å². The standard InChI is InChI=1S/C23H23F2N9O2/c1-14-19(34(31-28-14)18-5-3-15(4-6-18)22(24)25)13-36-21-8-7-20(29-30-21)33-10-16(11-33)23(35)27-17-9-26-32(2)12-17/h3-9,12,16,22H,10-11,13H2,1-2H3,(H,27,35). The van der Waals surface area contributed by atoms with Crippen molar-refractivity contribution in [2.45, 2.75) is 20.0 Å². The minimum absolute atomic E-state index is 0.0587. The molecule has 0 spiro atoms. The third-order valence-electron chi connectivity index (χ3n) is 5.88. The molecule has 4 aromatic rings. The van der Waals surface area contributed by atoms with Crippen LogP contribution in [-0.2, 0) is 18.4 Å². The van der Waals surface area contributed by atoms with Gasteiger partial charge in [0.1, 0.15) is 12.3 Å². The molecular weight excluding hydrogens is 472 g/mol. The number of benzene rings is 1. The maximum atomic E-state index is 12.8. The number of ether oxygens (including phenoxy) is 1. The minimum Gasteiger partial charge on any atom is -0.470 e. The molecule has 1 aromatic carbocycles. The first-order valence-corrected chi connectivity index (χ1v) is 11.2. The molecule has 186 valence electrons. The molecule has 0 bridgehead atoms. The second-order valence-electron chi connectivity index (χ2n) is 8.44. The molecule has 0 atom stereocenters. The smallest absolute Gasteiger partial charge is 0.263 e. The number of rotatable bonds is 8. The highest BCUT2D eigenvalue weighted by Gasteiger charge is 2.34. The van der Waals surface area contributed by atoms with Gasteiger partial charge in [0.2, 0.25) is 11.8 Å². The van der Waals surface area contributed by atoms with E-state index in [9.17, 15) is 13.6 Å². The molecule has 0 saturated carbocycles. The van der Waals surface area contributed by atoms with Gasteiger partial charge < -0.3 is 15.0 Å². The quantitative estimate of drug-likeness (QED) is 0.397. The highest BCUT2D eigenvalue weighted by atomic mass is 19.3. The lowest BCUT2D eigenvalue weighted by Gasteiger charge is -2.38. The van der Waals surface area contributed by atoms with Crippen molar-refractivity contribution >= 4 is 17.4 Å². The predicted octanol–water partition coefficient (Wildman–Crippen LogP) is 2.69. The number of anilines is 2. The first kappa shape index (κ1) is 23.3. The summed E-state index contributed by atoms with van der Waals surface area (Å²) in [4.78, 5) is 14.3. The van der Waals surface area contributed by atoms with E-state index in [2.05, 4.69) is 30.9 Å². The van der Waals surface area contributed by atoms with Crippen LogP contribution in [0.1, 0.15) is 23.4 Å². The summed E-state index contributed by atoms with van der Waals surface area (Å²) in [6.45, 7) is 2.98. The SMILES string of the molecule is Cc1nnn(-c2ccc(C(F)F)cc2)c1COc1ccc(N2CC(C(=O)Nc3cnn(C)c3)C2)nn1. The first-order valence-electron chi connectivity index (χ1n) is 11.2. The Morgan fingerprint density at radius 1 is 1.14 bits per heavy atom. The summed E-state index contributed by atoms with van der Waals surface area (Å²) < 4.78 is 34.6. The third-order valence-corrected chi connectivity index (χ3v) is 5.88.